The zero-order valence-corrected chi connectivity index (χ0v) is 13.8. The molecule has 0 fully saturated rings. The van der Waals surface area contributed by atoms with E-state index in [1.807, 2.05) is 6.92 Å². The number of aromatic nitrogens is 4. The van der Waals surface area contributed by atoms with Gasteiger partial charge in [-0.25, -0.2) is 4.68 Å². The monoisotopic (exact) mass is 352 g/mol. The van der Waals surface area contributed by atoms with Crippen LogP contribution in [-0.4, -0.2) is 61.7 Å². The number of benzene rings is 1. The molecule has 128 valence electrons. The Morgan fingerprint density at radius 2 is 2.17 bits per heavy atom. The van der Waals surface area contributed by atoms with Crippen molar-refractivity contribution in [3.8, 4) is 5.69 Å². The third-order valence-corrected chi connectivity index (χ3v) is 3.43. The number of amides is 1. The molecule has 2 N–H and O–H groups in total. The summed E-state index contributed by atoms with van der Waals surface area (Å²) in [6.45, 7) is 2.20. The van der Waals surface area contributed by atoms with Crippen LogP contribution in [0.15, 0.2) is 24.5 Å². The molecular weight excluding hydrogens is 336 g/mol. The molecule has 1 aromatic carbocycles. The number of carboxylic acids is 1. The molecule has 24 heavy (non-hydrogen) atoms. The highest BCUT2D eigenvalue weighted by atomic mass is 35.5. The van der Waals surface area contributed by atoms with Gasteiger partial charge in [-0.05, 0) is 41.6 Å². The molecule has 0 saturated carbocycles. The topological polar surface area (TPSA) is 113 Å². The SMILES string of the molecule is CCCN(CC(=O)O)CC(=O)Nc1cc(-n2cnnn2)ccc1Cl. The summed E-state index contributed by atoms with van der Waals surface area (Å²) in [4.78, 5) is 24.6. The van der Waals surface area contributed by atoms with E-state index in [-0.39, 0.29) is 19.0 Å². The lowest BCUT2D eigenvalue weighted by atomic mass is 10.2. The second kappa shape index (κ2) is 8.37. The third-order valence-electron chi connectivity index (χ3n) is 3.10. The Bertz CT molecular complexity index is 707. The number of hydrogen-bond donors (Lipinski definition) is 2. The van der Waals surface area contributed by atoms with Crippen LogP contribution in [0.25, 0.3) is 5.69 Å². The fraction of sp³-hybridized carbons (Fsp3) is 0.357. The molecular formula is C14H17ClN6O3. The van der Waals surface area contributed by atoms with Crippen molar-refractivity contribution in [3.63, 3.8) is 0 Å². The molecule has 9 nitrogen and oxygen atoms in total. The molecule has 2 rings (SSSR count). The molecule has 0 spiro atoms. The van der Waals surface area contributed by atoms with E-state index in [1.165, 1.54) is 11.0 Å². The van der Waals surface area contributed by atoms with E-state index in [1.54, 1.807) is 23.1 Å². The minimum Gasteiger partial charge on any atom is -0.480 e. The van der Waals surface area contributed by atoms with Crippen molar-refractivity contribution in [2.45, 2.75) is 13.3 Å². The Morgan fingerprint density at radius 1 is 1.38 bits per heavy atom. The van der Waals surface area contributed by atoms with Crippen molar-refractivity contribution < 1.29 is 14.7 Å². The van der Waals surface area contributed by atoms with E-state index < -0.39 is 5.97 Å². The summed E-state index contributed by atoms with van der Waals surface area (Å²) in [5.41, 5.74) is 1.04. The smallest absolute Gasteiger partial charge is 0.317 e. The zero-order chi connectivity index (χ0) is 17.5. The summed E-state index contributed by atoms with van der Waals surface area (Å²) in [6.07, 6.45) is 2.17. The second-order valence-electron chi connectivity index (χ2n) is 5.07. The Kier molecular flexibility index (Phi) is 6.21. The van der Waals surface area contributed by atoms with Crippen LogP contribution in [0.2, 0.25) is 5.02 Å². The minimum atomic E-state index is -0.977. The lowest BCUT2D eigenvalue weighted by molar-refractivity contribution is -0.138. The molecule has 1 amide bonds. The van der Waals surface area contributed by atoms with Gasteiger partial charge < -0.3 is 10.4 Å². The Hall–Kier alpha value is -2.52. The highest BCUT2D eigenvalue weighted by Crippen LogP contribution is 2.24. The van der Waals surface area contributed by atoms with E-state index >= 15 is 0 Å². The zero-order valence-electron chi connectivity index (χ0n) is 13.0. The summed E-state index contributed by atoms with van der Waals surface area (Å²) in [5, 5.41) is 22.8. The molecule has 1 heterocycles. The molecule has 0 radical (unpaired) electrons. The van der Waals surface area contributed by atoms with Crippen LogP contribution in [0.4, 0.5) is 5.69 Å². The number of carbonyl (C=O) groups is 2. The van der Waals surface area contributed by atoms with Gasteiger partial charge in [-0.1, -0.05) is 18.5 Å². The van der Waals surface area contributed by atoms with Crippen LogP contribution >= 0.6 is 11.6 Å². The van der Waals surface area contributed by atoms with Gasteiger partial charge in [0.15, 0.2) is 0 Å². The van der Waals surface area contributed by atoms with E-state index in [9.17, 15) is 9.59 Å². The highest BCUT2D eigenvalue weighted by molar-refractivity contribution is 6.33. The van der Waals surface area contributed by atoms with Gasteiger partial charge in [-0.2, -0.15) is 0 Å². The number of rotatable bonds is 8. The summed E-state index contributed by atoms with van der Waals surface area (Å²) in [5.74, 6) is -1.32. The third kappa shape index (κ3) is 5.00. The number of anilines is 1. The highest BCUT2D eigenvalue weighted by Gasteiger charge is 2.15. The summed E-state index contributed by atoms with van der Waals surface area (Å²) in [7, 11) is 0. The average Bonchev–Trinajstić information content (AvgIpc) is 3.03. The first-order valence-corrected chi connectivity index (χ1v) is 7.64. The first-order chi connectivity index (χ1) is 11.5. The van der Waals surface area contributed by atoms with Gasteiger partial charge in [-0.15, -0.1) is 5.10 Å². The van der Waals surface area contributed by atoms with Crippen LogP contribution in [0.3, 0.4) is 0 Å². The lowest BCUT2D eigenvalue weighted by Crippen LogP contribution is -2.37. The molecule has 0 aliphatic heterocycles. The van der Waals surface area contributed by atoms with Crippen LogP contribution in [0.5, 0.6) is 0 Å². The van der Waals surface area contributed by atoms with Crippen molar-refractivity contribution in [2.75, 3.05) is 25.0 Å². The average molecular weight is 353 g/mol. The van der Waals surface area contributed by atoms with E-state index in [2.05, 4.69) is 20.8 Å². The molecule has 2 aromatic rings. The largest absolute Gasteiger partial charge is 0.480 e. The van der Waals surface area contributed by atoms with Crippen molar-refractivity contribution in [3.05, 3.63) is 29.5 Å². The van der Waals surface area contributed by atoms with E-state index in [0.717, 1.165) is 6.42 Å². The predicted molar refractivity (Wildman–Crippen MR) is 87.2 cm³/mol. The minimum absolute atomic E-state index is 0.0361. The van der Waals surface area contributed by atoms with Crippen LogP contribution in [0.1, 0.15) is 13.3 Å². The van der Waals surface area contributed by atoms with Gasteiger partial charge in [0.25, 0.3) is 0 Å². The lowest BCUT2D eigenvalue weighted by Gasteiger charge is -2.19. The molecule has 0 bridgehead atoms. The van der Waals surface area contributed by atoms with Crippen molar-refractivity contribution in [1.82, 2.24) is 25.1 Å². The molecule has 0 aliphatic carbocycles. The van der Waals surface area contributed by atoms with E-state index in [4.69, 9.17) is 16.7 Å². The predicted octanol–water partition coefficient (Wildman–Crippen LogP) is 1.05. The number of tetrazole rings is 1. The second-order valence-corrected chi connectivity index (χ2v) is 5.48. The Labute approximate surface area is 143 Å². The number of aliphatic carboxylic acids is 1. The standard InChI is InChI=1S/C14H17ClN6O3/c1-2-5-20(8-14(23)24)7-13(22)17-12-6-10(3-4-11(12)15)21-9-16-18-19-21/h3-4,6,9H,2,5,7-8H2,1H3,(H,17,22)(H,23,24). The molecule has 0 aliphatic rings. The summed E-state index contributed by atoms with van der Waals surface area (Å²) < 4.78 is 1.43. The van der Waals surface area contributed by atoms with Crippen molar-refractivity contribution >= 4 is 29.2 Å². The van der Waals surface area contributed by atoms with Gasteiger partial charge in [-0.3, -0.25) is 14.5 Å². The number of halogens is 1. The normalized spacial score (nSPS) is 10.8. The van der Waals surface area contributed by atoms with Crippen LogP contribution < -0.4 is 5.32 Å². The number of carboxylic acid groups (broad SMARTS) is 1. The van der Waals surface area contributed by atoms with Crippen molar-refractivity contribution in [1.29, 1.82) is 0 Å². The first kappa shape index (κ1) is 17.8. The number of nitrogens with one attached hydrogen (secondary N) is 1. The van der Waals surface area contributed by atoms with Gasteiger partial charge in [0.05, 0.1) is 29.5 Å². The number of carbonyl (C=O) groups excluding carboxylic acids is 1. The van der Waals surface area contributed by atoms with Crippen molar-refractivity contribution in [2.24, 2.45) is 0 Å². The summed E-state index contributed by atoms with van der Waals surface area (Å²) in [6, 6.07) is 4.97. The number of nitrogens with zero attached hydrogens (tertiary/aromatic N) is 5. The maximum atomic E-state index is 12.2. The maximum absolute atomic E-state index is 12.2. The van der Waals surface area contributed by atoms with Gasteiger partial charge in [0.1, 0.15) is 6.33 Å². The molecule has 0 unspecified atom stereocenters. The van der Waals surface area contributed by atoms with Gasteiger partial charge in [0.2, 0.25) is 5.91 Å². The quantitative estimate of drug-likeness (QED) is 0.730. The fourth-order valence-corrected chi connectivity index (χ4v) is 2.31. The van der Waals surface area contributed by atoms with E-state index in [0.29, 0.717) is 22.9 Å². The maximum Gasteiger partial charge on any atom is 0.317 e. The first-order valence-electron chi connectivity index (χ1n) is 7.26. The molecule has 10 heteroatoms. The Morgan fingerprint density at radius 3 is 2.79 bits per heavy atom. The van der Waals surface area contributed by atoms with Gasteiger partial charge in [0, 0.05) is 0 Å². The van der Waals surface area contributed by atoms with Gasteiger partial charge >= 0.3 is 5.97 Å². The molecule has 0 atom stereocenters. The van der Waals surface area contributed by atoms with Crippen LogP contribution in [-0.2, 0) is 9.59 Å². The molecule has 1 aromatic heterocycles. The summed E-state index contributed by atoms with van der Waals surface area (Å²) >= 11 is 6.10. The Balaban J connectivity index is 2.07. The molecule has 0 saturated heterocycles. The van der Waals surface area contributed by atoms with Crippen LogP contribution in [0, 0.1) is 0 Å². The fourth-order valence-electron chi connectivity index (χ4n) is 2.15. The number of hydrogen-bond acceptors (Lipinski definition) is 6.